The summed E-state index contributed by atoms with van der Waals surface area (Å²) in [6.45, 7) is 7.60. The van der Waals surface area contributed by atoms with E-state index in [9.17, 15) is 0 Å². The van der Waals surface area contributed by atoms with Crippen molar-refractivity contribution in [2.75, 3.05) is 5.73 Å². The maximum absolute atomic E-state index is 5.70. The number of allylic oxidation sites excluding steroid dienone is 1. The third-order valence-corrected chi connectivity index (χ3v) is 2.29. The van der Waals surface area contributed by atoms with Crippen LogP contribution >= 0.6 is 0 Å². The minimum absolute atomic E-state index is 0.228. The molecule has 4 nitrogen and oxygen atoms in total. The minimum Gasteiger partial charge on any atom is -0.399 e. The van der Waals surface area contributed by atoms with E-state index in [-0.39, 0.29) is 5.96 Å². The maximum Gasteiger partial charge on any atom is 0.220 e. The Morgan fingerprint density at radius 2 is 1.82 bits per heavy atom. The van der Waals surface area contributed by atoms with Crippen LogP contribution in [-0.4, -0.2) is 11.7 Å². The second-order valence-corrected chi connectivity index (χ2v) is 3.71. The summed E-state index contributed by atoms with van der Waals surface area (Å²) in [6, 6.07) is 7.45. The van der Waals surface area contributed by atoms with Crippen LogP contribution in [0.3, 0.4) is 0 Å². The first kappa shape index (κ1) is 13.0. The Morgan fingerprint density at radius 3 is 2.35 bits per heavy atom. The Hall–Kier alpha value is -2.10. The molecule has 0 spiro atoms. The molecule has 0 atom stereocenters. The molecule has 1 aromatic rings. The molecule has 0 aliphatic rings. The number of guanidine groups is 1. The van der Waals surface area contributed by atoms with Crippen LogP contribution in [0, 0.1) is 0 Å². The topological polar surface area (TPSA) is 76.8 Å². The van der Waals surface area contributed by atoms with Gasteiger partial charge in [0.2, 0.25) is 5.96 Å². The van der Waals surface area contributed by atoms with Gasteiger partial charge in [-0.05, 0) is 31.0 Å². The Balaban J connectivity index is 2.89. The van der Waals surface area contributed by atoms with Crippen molar-refractivity contribution < 1.29 is 0 Å². The normalized spacial score (nSPS) is 12.6. The van der Waals surface area contributed by atoms with Crippen LogP contribution in [0.1, 0.15) is 25.8 Å². The van der Waals surface area contributed by atoms with Crippen LogP contribution in [0.5, 0.6) is 0 Å². The van der Waals surface area contributed by atoms with Crippen molar-refractivity contribution in [1.29, 1.82) is 0 Å². The quantitative estimate of drug-likeness (QED) is 0.475. The zero-order chi connectivity index (χ0) is 12.8. The summed E-state index contributed by atoms with van der Waals surface area (Å²) in [6.07, 6.45) is 0.761. The maximum atomic E-state index is 5.70. The average molecular weight is 230 g/mol. The zero-order valence-electron chi connectivity index (χ0n) is 10.3. The summed E-state index contributed by atoms with van der Waals surface area (Å²) in [5, 5.41) is 0. The number of aliphatic imine (C=N–C) groups is 2. The van der Waals surface area contributed by atoms with E-state index in [2.05, 4.69) is 16.6 Å². The molecule has 0 bridgehead atoms. The first-order chi connectivity index (χ1) is 8.02. The fraction of sp³-hybridized carbons (Fsp3) is 0.231. The molecule has 0 amide bonds. The molecule has 4 heteroatoms. The van der Waals surface area contributed by atoms with Crippen LogP contribution < -0.4 is 11.5 Å². The molecule has 0 aliphatic carbocycles. The summed E-state index contributed by atoms with van der Waals surface area (Å²) in [5.41, 5.74) is 14.5. The molecule has 0 aliphatic heterocycles. The molecule has 0 saturated heterocycles. The van der Waals surface area contributed by atoms with Crippen molar-refractivity contribution in [3.63, 3.8) is 0 Å². The number of nitrogen functional groups attached to an aromatic ring is 1. The SMILES string of the molecule is C=C(CC)N=C(N)/N=C(\C)c1ccc(N)cc1. The third kappa shape index (κ3) is 4.10. The molecule has 0 heterocycles. The smallest absolute Gasteiger partial charge is 0.220 e. The average Bonchev–Trinajstić information content (AvgIpc) is 2.29. The highest BCUT2D eigenvalue weighted by Gasteiger charge is 1.98. The van der Waals surface area contributed by atoms with E-state index in [4.69, 9.17) is 11.5 Å². The van der Waals surface area contributed by atoms with Crippen molar-refractivity contribution >= 4 is 17.4 Å². The van der Waals surface area contributed by atoms with Gasteiger partial charge in [0.25, 0.3) is 0 Å². The fourth-order valence-electron chi connectivity index (χ4n) is 1.23. The molecular weight excluding hydrogens is 212 g/mol. The van der Waals surface area contributed by atoms with Crippen molar-refractivity contribution in [3.8, 4) is 0 Å². The number of hydrogen-bond donors (Lipinski definition) is 2. The standard InChI is InChI=1S/C13H18N4/c1-4-9(2)16-13(15)17-10(3)11-5-7-12(14)8-6-11/h5-8H,2,4,14H2,1,3H3,(H2,15,16)/b17-10+. The van der Waals surface area contributed by atoms with Gasteiger partial charge in [0.1, 0.15) is 0 Å². The fourth-order valence-corrected chi connectivity index (χ4v) is 1.23. The molecule has 0 aromatic heterocycles. The largest absolute Gasteiger partial charge is 0.399 e. The highest BCUT2D eigenvalue weighted by atomic mass is 15.0. The molecule has 1 rings (SSSR count). The van der Waals surface area contributed by atoms with E-state index in [0.717, 1.165) is 29.1 Å². The first-order valence-electron chi connectivity index (χ1n) is 5.46. The second-order valence-electron chi connectivity index (χ2n) is 3.71. The van der Waals surface area contributed by atoms with Crippen molar-refractivity contribution in [3.05, 3.63) is 42.1 Å². The van der Waals surface area contributed by atoms with E-state index in [0.29, 0.717) is 0 Å². The van der Waals surface area contributed by atoms with Gasteiger partial charge in [-0.3, -0.25) is 0 Å². The summed E-state index contributed by atoms with van der Waals surface area (Å²) in [4.78, 5) is 8.27. The van der Waals surface area contributed by atoms with Crippen LogP contribution in [0.2, 0.25) is 0 Å². The molecule has 4 N–H and O–H groups in total. The van der Waals surface area contributed by atoms with Gasteiger partial charge >= 0.3 is 0 Å². The van der Waals surface area contributed by atoms with Gasteiger partial charge in [-0.15, -0.1) is 0 Å². The van der Waals surface area contributed by atoms with Crippen molar-refractivity contribution in [2.45, 2.75) is 20.3 Å². The summed E-state index contributed by atoms with van der Waals surface area (Å²) < 4.78 is 0. The lowest BCUT2D eigenvalue weighted by Crippen LogP contribution is -2.11. The van der Waals surface area contributed by atoms with Gasteiger partial charge in [-0.2, -0.15) is 0 Å². The van der Waals surface area contributed by atoms with Crippen LogP contribution in [0.25, 0.3) is 0 Å². The Labute approximate surface area is 102 Å². The predicted octanol–water partition coefficient (Wildman–Crippen LogP) is 2.32. The van der Waals surface area contributed by atoms with Gasteiger partial charge in [-0.1, -0.05) is 25.6 Å². The minimum atomic E-state index is 0.228. The third-order valence-electron chi connectivity index (χ3n) is 2.29. The predicted molar refractivity (Wildman–Crippen MR) is 74.1 cm³/mol. The van der Waals surface area contributed by atoms with Gasteiger partial charge in [-0.25, -0.2) is 9.98 Å². The molecule has 17 heavy (non-hydrogen) atoms. The first-order valence-corrected chi connectivity index (χ1v) is 5.46. The van der Waals surface area contributed by atoms with E-state index in [1.54, 1.807) is 0 Å². The van der Waals surface area contributed by atoms with E-state index in [1.165, 1.54) is 0 Å². The summed E-state index contributed by atoms with van der Waals surface area (Å²) in [5.74, 6) is 0.228. The zero-order valence-corrected chi connectivity index (χ0v) is 10.3. The molecule has 90 valence electrons. The number of hydrogen-bond acceptors (Lipinski definition) is 2. The lowest BCUT2D eigenvalue weighted by atomic mass is 10.1. The van der Waals surface area contributed by atoms with Crippen LogP contribution in [0.15, 0.2) is 46.5 Å². The van der Waals surface area contributed by atoms with Crippen LogP contribution in [0.4, 0.5) is 5.69 Å². The molecule has 0 saturated carbocycles. The Bertz CT molecular complexity index is 455. The van der Waals surface area contributed by atoms with Gasteiger partial charge in [0, 0.05) is 17.1 Å². The number of benzene rings is 1. The lowest BCUT2D eigenvalue weighted by Gasteiger charge is -2.02. The number of anilines is 1. The van der Waals surface area contributed by atoms with E-state index < -0.39 is 0 Å². The molecule has 0 unspecified atom stereocenters. The summed E-state index contributed by atoms with van der Waals surface area (Å²) in [7, 11) is 0. The van der Waals surface area contributed by atoms with Crippen LogP contribution in [-0.2, 0) is 0 Å². The Morgan fingerprint density at radius 1 is 1.24 bits per heavy atom. The highest BCUT2D eigenvalue weighted by Crippen LogP contribution is 2.07. The lowest BCUT2D eigenvalue weighted by molar-refractivity contribution is 1.07. The highest BCUT2D eigenvalue weighted by molar-refractivity contribution is 6.05. The van der Waals surface area contributed by atoms with Crippen molar-refractivity contribution in [2.24, 2.45) is 15.7 Å². The van der Waals surface area contributed by atoms with Gasteiger partial charge < -0.3 is 11.5 Å². The Kier molecular flexibility index (Phi) is 4.46. The molecule has 1 aromatic carbocycles. The monoisotopic (exact) mass is 230 g/mol. The second kappa shape index (κ2) is 5.84. The van der Waals surface area contributed by atoms with E-state index in [1.807, 2.05) is 38.1 Å². The van der Waals surface area contributed by atoms with Gasteiger partial charge in [0.05, 0.1) is 0 Å². The van der Waals surface area contributed by atoms with Gasteiger partial charge in [0.15, 0.2) is 0 Å². The number of nitrogens with zero attached hydrogens (tertiary/aromatic N) is 2. The number of rotatable bonds is 3. The van der Waals surface area contributed by atoms with E-state index >= 15 is 0 Å². The molecule has 0 radical (unpaired) electrons. The number of nitrogens with two attached hydrogens (primary N) is 2. The van der Waals surface area contributed by atoms with Crippen molar-refractivity contribution in [1.82, 2.24) is 0 Å². The summed E-state index contributed by atoms with van der Waals surface area (Å²) >= 11 is 0. The molecular formula is C13H18N4. The molecule has 0 fully saturated rings.